The molecule has 0 aliphatic carbocycles. The van der Waals surface area contributed by atoms with Crippen molar-refractivity contribution in [3.05, 3.63) is 83.3 Å². The van der Waals surface area contributed by atoms with Crippen molar-refractivity contribution < 1.29 is 18.8 Å². The second-order valence-corrected chi connectivity index (χ2v) is 6.57. The van der Waals surface area contributed by atoms with E-state index in [1.54, 1.807) is 54.6 Å². The van der Waals surface area contributed by atoms with E-state index in [1.165, 1.54) is 24.3 Å². The molecule has 0 unspecified atom stereocenters. The van der Waals surface area contributed by atoms with Crippen LogP contribution in [0.4, 0.5) is 11.4 Å². The number of hydrogen-bond acceptors (Lipinski definition) is 4. The van der Waals surface area contributed by atoms with Crippen molar-refractivity contribution in [2.75, 3.05) is 24.2 Å². The quantitative estimate of drug-likeness (QED) is 0.643. The largest absolute Gasteiger partial charge is 0.459 e. The van der Waals surface area contributed by atoms with Gasteiger partial charge < -0.3 is 20.0 Å². The minimum Gasteiger partial charge on any atom is -0.459 e. The number of nitrogens with one attached hydrogen (secondary N) is 2. The van der Waals surface area contributed by atoms with Gasteiger partial charge in [-0.1, -0.05) is 35.9 Å². The molecule has 0 spiro atoms. The Morgan fingerprint density at radius 3 is 2.31 bits per heavy atom. The van der Waals surface area contributed by atoms with Crippen molar-refractivity contribution in [2.24, 2.45) is 0 Å². The molecule has 1 heterocycles. The topological polar surface area (TPSA) is 91.7 Å². The van der Waals surface area contributed by atoms with Crippen molar-refractivity contribution in [2.45, 2.75) is 0 Å². The van der Waals surface area contributed by atoms with Gasteiger partial charge in [0.2, 0.25) is 5.91 Å². The molecular formula is C21H18ClN3O4. The van der Waals surface area contributed by atoms with E-state index < -0.39 is 17.7 Å². The Kier molecular flexibility index (Phi) is 6.31. The predicted molar refractivity (Wildman–Crippen MR) is 110 cm³/mol. The molecule has 0 aliphatic heterocycles. The molecule has 2 aromatic carbocycles. The fourth-order valence-electron chi connectivity index (χ4n) is 2.62. The highest BCUT2D eigenvalue weighted by Crippen LogP contribution is 2.21. The SMILES string of the molecule is CN(CC(=O)Nc1ccccc1Cl)C(=O)c1ccccc1NC(=O)c1ccco1. The van der Waals surface area contributed by atoms with E-state index in [-0.39, 0.29) is 17.9 Å². The Hall–Kier alpha value is -3.58. The van der Waals surface area contributed by atoms with Crippen LogP contribution in [0.3, 0.4) is 0 Å². The van der Waals surface area contributed by atoms with Gasteiger partial charge in [-0.15, -0.1) is 0 Å². The third kappa shape index (κ3) is 5.03. The standard InChI is InChI=1S/C21H18ClN3O4/c1-25(13-19(26)23-17-10-5-3-8-15(17)22)21(28)14-7-2-4-9-16(14)24-20(27)18-11-6-12-29-18/h2-12H,13H2,1H3,(H,23,26)(H,24,27). The summed E-state index contributed by atoms with van der Waals surface area (Å²) in [7, 11) is 1.50. The Morgan fingerprint density at radius 2 is 1.62 bits per heavy atom. The summed E-state index contributed by atoms with van der Waals surface area (Å²) in [5.41, 5.74) is 1.03. The number of nitrogens with zero attached hydrogens (tertiary/aromatic N) is 1. The minimum absolute atomic E-state index is 0.125. The molecule has 0 aliphatic rings. The molecule has 0 saturated carbocycles. The predicted octanol–water partition coefficient (Wildman–Crippen LogP) is 3.90. The number of rotatable bonds is 6. The number of halogens is 1. The summed E-state index contributed by atoms with van der Waals surface area (Å²) in [6.45, 7) is -0.190. The molecule has 1 aromatic heterocycles. The van der Waals surface area contributed by atoms with Gasteiger partial charge in [-0.3, -0.25) is 14.4 Å². The summed E-state index contributed by atoms with van der Waals surface area (Å²) in [6.07, 6.45) is 1.39. The zero-order valence-electron chi connectivity index (χ0n) is 15.5. The summed E-state index contributed by atoms with van der Waals surface area (Å²) in [4.78, 5) is 38.6. The van der Waals surface area contributed by atoms with Gasteiger partial charge in [-0.25, -0.2) is 0 Å². The molecule has 0 bridgehead atoms. The lowest BCUT2D eigenvalue weighted by molar-refractivity contribution is -0.116. The molecule has 29 heavy (non-hydrogen) atoms. The van der Waals surface area contributed by atoms with Gasteiger partial charge >= 0.3 is 0 Å². The maximum Gasteiger partial charge on any atom is 0.291 e. The van der Waals surface area contributed by atoms with Gasteiger partial charge in [0.15, 0.2) is 5.76 Å². The van der Waals surface area contributed by atoms with Crippen LogP contribution in [-0.2, 0) is 4.79 Å². The normalized spacial score (nSPS) is 10.3. The first-order valence-electron chi connectivity index (χ1n) is 8.69. The molecule has 0 radical (unpaired) electrons. The Balaban J connectivity index is 1.69. The Labute approximate surface area is 172 Å². The number of likely N-dealkylation sites (N-methyl/N-ethyl adjacent to an activating group) is 1. The molecule has 8 heteroatoms. The smallest absolute Gasteiger partial charge is 0.291 e. The first-order chi connectivity index (χ1) is 14.0. The number of anilines is 2. The lowest BCUT2D eigenvalue weighted by atomic mass is 10.1. The third-order valence-corrected chi connectivity index (χ3v) is 4.36. The van der Waals surface area contributed by atoms with Gasteiger partial charge in [0, 0.05) is 7.05 Å². The van der Waals surface area contributed by atoms with Crippen LogP contribution in [0.5, 0.6) is 0 Å². The maximum absolute atomic E-state index is 12.8. The molecule has 0 saturated heterocycles. The first kappa shape index (κ1) is 20.2. The second-order valence-electron chi connectivity index (χ2n) is 6.17. The fourth-order valence-corrected chi connectivity index (χ4v) is 2.80. The zero-order valence-corrected chi connectivity index (χ0v) is 16.3. The minimum atomic E-state index is -0.477. The van der Waals surface area contributed by atoms with E-state index in [1.807, 2.05) is 0 Å². The highest BCUT2D eigenvalue weighted by atomic mass is 35.5. The highest BCUT2D eigenvalue weighted by molar-refractivity contribution is 6.33. The zero-order chi connectivity index (χ0) is 20.8. The molecule has 148 valence electrons. The molecule has 7 nitrogen and oxygen atoms in total. The van der Waals surface area contributed by atoms with Crippen molar-refractivity contribution in [1.82, 2.24) is 4.90 Å². The molecule has 3 amide bonds. The Bertz CT molecular complexity index is 1030. The molecule has 3 rings (SSSR count). The number of amides is 3. The van der Waals surface area contributed by atoms with E-state index in [9.17, 15) is 14.4 Å². The van der Waals surface area contributed by atoms with E-state index in [2.05, 4.69) is 10.6 Å². The summed E-state index contributed by atoms with van der Waals surface area (Å²) in [5.74, 6) is -1.17. The van der Waals surface area contributed by atoms with Crippen molar-refractivity contribution in [3.63, 3.8) is 0 Å². The van der Waals surface area contributed by atoms with Crippen molar-refractivity contribution >= 4 is 40.7 Å². The van der Waals surface area contributed by atoms with Crippen LogP contribution in [0.2, 0.25) is 5.02 Å². The van der Waals surface area contributed by atoms with E-state index in [0.29, 0.717) is 16.4 Å². The number of para-hydroxylation sites is 2. The van der Waals surface area contributed by atoms with Gasteiger partial charge in [0.1, 0.15) is 0 Å². The average Bonchev–Trinajstić information content (AvgIpc) is 3.24. The first-order valence-corrected chi connectivity index (χ1v) is 9.07. The van der Waals surface area contributed by atoms with Crippen LogP contribution in [0, 0.1) is 0 Å². The summed E-state index contributed by atoms with van der Waals surface area (Å²) >= 11 is 6.03. The number of hydrogen-bond donors (Lipinski definition) is 2. The van der Waals surface area contributed by atoms with Crippen molar-refractivity contribution in [3.8, 4) is 0 Å². The van der Waals surface area contributed by atoms with Crippen molar-refractivity contribution in [1.29, 1.82) is 0 Å². The molecule has 0 atom stereocenters. The summed E-state index contributed by atoms with van der Waals surface area (Å²) < 4.78 is 5.06. The van der Waals surface area contributed by atoms with E-state index >= 15 is 0 Å². The van der Waals surface area contributed by atoms with Crippen LogP contribution in [-0.4, -0.2) is 36.2 Å². The molecule has 3 aromatic rings. The van der Waals surface area contributed by atoms with Crippen LogP contribution in [0.1, 0.15) is 20.9 Å². The van der Waals surface area contributed by atoms with E-state index in [0.717, 1.165) is 0 Å². The van der Waals surface area contributed by atoms with Gasteiger partial charge in [0.25, 0.3) is 11.8 Å². The number of furan rings is 1. The Morgan fingerprint density at radius 1 is 0.931 bits per heavy atom. The highest BCUT2D eigenvalue weighted by Gasteiger charge is 2.20. The van der Waals surface area contributed by atoms with Crippen LogP contribution >= 0.6 is 11.6 Å². The van der Waals surface area contributed by atoms with E-state index in [4.69, 9.17) is 16.0 Å². The molecule has 2 N–H and O–H groups in total. The number of carbonyl (C=O) groups excluding carboxylic acids is 3. The monoisotopic (exact) mass is 411 g/mol. The lowest BCUT2D eigenvalue weighted by Gasteiger charge is -2.19. The number of carbonyl (C=O) groups is 3. The summed E-state index contributed by atoms with van der Waals surface area (Å²) in [6, 6.07) is 16.5. The second kappa shape index (κ2) is 9.07. The number of benzene rings is 2. The van der Waals surface area contributed by atoms with Crippen LogP contribution < -0.4 is 10.6 Å². The lowest BCUT2D eigenvalue weighted by Crippen LogP contribution is -2.35. The average molecular weight is 412 g/mol. The summed E-state index contributed by atoms with van der Waals surface area (Å²) in [5, 5.41) is 5.72. The maximum atomic E-state index is 12.8. The van der Waals surface area contributed by atoms with Crippen LogP contribution in [0.25, 0.3) is 0 Å². The van der Waals surface area contributed by atoms with Crippen LogP contribution in [0.15, 0.2) is 71.3 Å². The molecular weight excluding hydrogens is 394 g/mol. The fraction of sp³-hybridized carbons (Fsp3) is 0.0952. The van der Waals surface area contributed by atoms with Gasteiger partial charge in [-0.05, 0) is 36.4 Å². The third-order valence-electron chi connectivity index (χ3n) is 4.03. The van der Waals surface area contributed by atoms with Gasteiger partial charge in [-0.2, -0.15) is 0 Å². The van der Waals surface area contributed by atoms with Gasteiger partial charge in [0.05, 0.1) is 34.8 Å². The molecule has 0 fully saturated rings.